The van der Waals surface area contributed by atoms with Gasteiger partial charge in [0.25, 0.3) is 5.91 Å². The summed E-state index contributed by atoms with van der Waals surface area (Å²) < 4.78 is 46.5. The van der Waals surface area contributed by atoms with Crippen LogP contribution in [-0.2, 0) is 10.0 Å². The molecule has 1 saturated heterocycles. The Labute approximate surface area is 177 Å². The Morgan fingerprint density at radius 3 is 2.47 bits per heavy atom. The standard InChI is InChI=1S/C22H27FN2O4S/c1-15-7-8-18(14-21(15)30(27,28)25-11-5-4-6-12-25)22(26)24-16(2)17-9-10-20(29-3)19(23)13-17/h7-10,13-14,16H,4-6,11-12H2,1-3H3,(H,24,26). The zero-order valence-electron chi connectivity index (χ0n) is 17.4. The van der Waals surface area contributed by atoms with Crippen LogP contribution < -0.4 is 10.1 Å². The van der Waals surface area contributed by atoms with Gasteiger partial charge in [0.05, 0.1) is 18.0 Å². The summed E-state index contributed by atoms with van der Waals surface area (Å²) in [6.45, 7) is 4.45. The summed E-state index contributed by atoms with van der Waals surface area (Å²) in [4.78, 5) is 12.9. The van der Waals surface area contributed by atoms with Gasteiger partial charge in [-0.15, -0.1) is 0 Å². The van der Waals surface area contributed by atoms with Crippen LogP contribution in [0, 0.1) is 12.7 Å². The number of rotatable bonds is 6. The summed E-state index contributed by atoms with van der Waals surface area (Å²) in [5.74, 6) is -0.807. The van der Waals surface area contributed by atoms with Crippen LogP contribution in [0.5, 0.6) is 5.75 Å². The third-order valence-electron chi connectivity index (χ3n) is 5.41. The number of aryl methyl sites for hydroxylation is 1. The lowest BCUT2D eigenvalue weighted by Crippen LogP contribution is -2.36. The van der Waals surface area contributed by atoms with Crippen LogP contribution in [0.4, 0.5) is 4.39 Å². The smallest absolute Gasteiger partial charge is 0.251 e. The van der Waals surface area contributed by atoms with E-state index in [4.69, 9.17) is 4.74 Å². The molecule has 8 heteroatoms. The zero-order chi connectivity index (χ0) is 21.9. The second kappa shape index (κ2) is 9.14. The van der Waals surface area contributed by atoms with Crippen molar-refractivity contribution in [2.75, 3.05) is 20.2 Å². The minimum atomic E-state index is -3.65. The number of hydrogen-bond donors (Lipinski definition) is 1. The first-order chi connectivity index (χ1) is 14.2. The second-order valence-electron chi connectivity index (χ2n) is 7.53. The lowest BCUT2D eigenvalue weighted by Gasteiger charge is -2.26. The molecular weight excluding hydrogens is 407 g/mol. The van der Waals surface area contributed by atoms with Crippen molar-refractivity contribution in [2.45, 2.75) is 44.0 Å². The Hall–Kier alpha value is -2.45. The minimum Gasteiger partial charge on any atom is -0.494 e. The van der Waals surface area contributed by atoms with Crippen molar-refractivity contribution in [3.8, 4) is 5.75 Å². The van der Waals surface area contributed by atoms with Gasteiger partial charge in [-0.1, -0.05) is 18.6 Å². The van der Waals surface area contributed by atoms with Crippen LogP contribution in [0.2, 0.25) is 0 Å². The van der Waals surface area contributed by atoms with E-state index in [0.29, 0.717) is 24.2 Å². The van der Waals surface area contributed by atoms with E-state index in [1.807, 2.05) is 0 Å². The van der Waals surface area contributed by atoms with Gasteiger partial charge in [0, 0.05) is 18.7 Å². The van der Waals surface area contributed by atoms with Gasteiger partial charge in [0.2, 0.25) is 10.0 Å². The molecule has 0 radical (unpaired) electrons. The fraction of sp³-hybridized carbons (Fsp3) is 0.409. The highest BCUT2D eigenvalue weighted by Crippen LogP contribution is 2.25. The maximum Gasteiger partial charge on any atom is 0.251 e. The van der Waals surface area contributed by atoms with Gasteiger partial charge < -0.3 is 10.1 Å². The average molecular weight is 435 g/mol. The summed E-state index contributed by atoms with van der Waals surface area (Å²) in [5, 5.41) is 2.80. The van der Waals surface area contributed by atoms with E-state index in [2.05, 4.69) is 5.32 Å². The van der Waals surface area contributed by atoms with Crippen molar-refractivity contribution < 1.29 is 22.3 Å². The van der Waals surface area contributed by atoms with Crippen LogP contribution in [-0.4, -0.2) is 38.8 Å². The molecule has 3 rings (SSSR count). The van der Waals surface area contributed by atoms with E-state index in [0.717, 1.165) is 19.3 Å². The SMILES string of the molecule is COc1ccc(C(C)NC(=O)c2ccc(C)c(S(=O)(=O)N3CCCCC3)c2)cc1F. The van der Waals surface area contributed by atoms with Crippen LogP contribution in [0.15, 0.2) is 41.3 Å². The summed E-state index contributed by atoms with van der Waals surface area (Å²) >= 11 is 0. The van der Waals surface area contributed by atoms with E-state index in [1.165, 1.54) is 29.6 Å². The molecule has 1 aliphatic heterocycles. The maximum atomic E-state index is 14.0. The van der Waals surface area contributed by atoms with E-state index >= 15 is 0 Å². The number of nitrogens with zero attached hydrogens (tertiary/aromatic N) is 1. The Balaban J connectivity index is 1.81. The number of nitrogens with one attached hydrogen (secondary N) is 1. The highest BCUT2D eigenvalue weighted by Gasteiger charge is 2.28. The number of carbonyl (C=O) groups is 1. The number of amides is 1. The number of methoxy groups -OCH3 is 1. The van der Waals surface area contributed by atoms with Gasteiger partial charge in [-0.25, -0.2) is 12.8 Å². The first kappa shape index (κ1) is 22.2. The monoisotopic (exact) mass is 434 g/mol. The highest BCUT2D eigenvalue weighted by atomic mass is 32.2. The van der Waals surface area contributed by atoms with Crippen molar-refractivity contribution in [3.05, 3.63) is 58.9 Å². The van der Waals surface area contributed by atoms with Gasteiger partial charge in [0.15, 0.2) is 11.6 Å². The fourth-order valence-corrected chi connectivity index (χ4v) is 5.35. The Kier molecular flexibility index (Phi) is 6.77. The van der Waals surface area contributed by atoms with Crippen molar-refractivity contribution >= 4 is 15.9 Å². The predicted molar refractivity (Wildman–Crippen MR) is 113 cm³/mol. The number of benzene rings is 2. The molecule has 2 aromatic rings. The number of halogens is 1. The molecule has 6 nitrogen and oxygen atoms in total. The maximum absolute atomic E-state index is 14.0. The number of piperidine rings is 1. The van der Waals surface area contributed by atoms with Crippen LogP contribution in [0.25, 0.3) is 0 Å². The topological polar surface area (TPSA) is 75.7 Å². The molecule has 0 aromatic heterocycles. The molecule has 1 fully saturated rings. The summed E-state index contributed by atoms with van der Waals surface area (Å²) in [7, 11) is -2.27. The van der Waals surface area contributed by atoms with Crippen LogP contribution in [0.1, 0.15) is 53.7 Å². The van der Waals surface area contributed by atoms with Crippen molar-refractivity contribution in [1.82, 2.24) is 9.62 Å². The molecule has 1 amide bonds. The van der Waals surface area contributed by atoms with Crippen molar-refractivity contribution in [1.29, 1.82) is 0 Å². The van der Waals surface area contributed by atoms with Gasteiger partial charge in [-0.05, 0) is 62.1 Å². The van der Waals surface area contributed by atoms with Crippen molar-refractivity contribution in [3.63, 3.8) is 0 Å². The summed E-state index contributed by atoms with van der Waals surface area (Å²) in [6.07, 6.45) is 2.71. The molecule has 1 aliphatic rings. The predicted octanol–water partition coefficient (Wildman–Crippen LogP) is 3.81. The Morgan fingerprint density at radius 1 is 1.13 bits per heavy atom. The normalized spacial score (nSPS) is 16.1. The van der Waals surface area contributed by atoms with E-state index in [1.54, 1.807) is 32.0 Å². The molecule has 1 N–H and O–H groups in total. The molecule has 1 unspecified atom stereocenters. The van der Waals surface area contributed by atoms with Gasteiger partial charge in [-0.3, -0.25) is 4.79 Å². The molecule has 2 aromatic carbocycles. The third-order valence-corrected chi connectivity index (χ3v) is 7.45. The minimum absolute atomic E-state index is 0.128. The molecule has 0 spiro atoms. The molecule has 0 saturated carbocycles. The van der Waals surface area contributed by atoms with E-state index in [9.17, 15) is 17.6 Å². The Bertz CT molecular complexity index is 1030. The number of hydrogen-bond acceptors (Lipinski definition) is 4. The van der Waals surface area contributed by atoms with Gasteiger partial charge >= 0.3 is 0 Å². The molecule has 162 valence electrons. The first-order valence-corrected chi connectivity index (χ1v) is 11.4. The third kappa shape index (κ3) is 4.65. The van der Waals surface area contributed by atoms with E-state index < -0.39 is 27.8 Å². The number of ether oxygens (including phenoxy) is 1. The van der Waals surface area contributed by atoms with Crippen molar-refractivity contribution in [2.24, 2.45) is 0 Å². The average Bonchev–Trinajstić information content (AvgIpc) is 2.74. The molecule has 30 heavy (non-hydrogen) atoms. The molecule has 1 atom stereocenters. The number of carbonyl (C=O) groups excluding carboxylic acids is 1. The zero-order valence-corrected chi connectivity index (χ0v) is 18.3. The summed E-state index contributed by atoms with van der Waals surface area (Å²) in [6, 6.07) is 8.68. The quantitative estimate of drug-likeness (QED) is 0.750. The summed E-state index contributed by atoms with van der Waals surface area (Å²) in [5.41, 5.74) is 1.43. The lowest BCUT2D eigenvalue weighted by atomic mass is 10.1. The van der Waals surface area contributed by atoms with Gasteiger partial charge in [-0.2, -0.15) is 4.31 Å². The van der Waals surface area contributed by atoms with E-state index in [-0.39, 0.29) is 16.2 Å². The molecule has 1 heterocycles. The first-order valence-electron chi connectivity index (χ1n) is 9.99. The lowest BCUT2D eigenvalue weighted by molar-refractivity contribution is 0.0939. The molecular formula is C22H27FN2O4S. The highest BCUT2D eigenvalue weighted by molar-refractivity contribution is 7.89. The van der Waals surface area contributed by atoms with Gasteiger partial charge in [0.1, 0.15) is 0 Å². The number of sulfonamides is 1. The second-order valence-corrected chi connectivity index (χ2v) is 9.44. The Morgan fingerprint density at radius 2 is 1.83 bits per heavy atom. The van der Waals surface area contributed by atoms with Crippen LogP contribution >= 0.6 is 0 Å². The largest absolute Gasteiger partial charge is 0.494 e. The molecule has 0 bridgehead atoms. The fourth-order valence-electron chi connectivity index (χ4n) is 3.58. The molecule has 0 aliphatic carbocycles. The van der Waals surface area contributed by atoms with Crippen LogP contribution in [0.3, 0.4) is 0 Å².